The van der Waals surface area contributed by atoms with E-state index in [1.165, 1.54) is 19.2 Å². The molecule has 0 saturated heterocycles. The minimum absolute atomic E-state index is 0.284. The Kier molecular flexibility index (Phi) is 6.06. The SMILES string of the molecule is COc1ccc(OC)c(NC(=O)c2ccnc(NCc3ccc(F)cc3)c2)c1. The topological polar surface area (TPSA) is 72.5 Å². The summed E-state index contributed by atoms with van der Waals surface area (Å²) in [6.45, 7) is 0.460. The number of anilines is 2. The van der Waals surface area contributed by atoms with E-state index in [0.717, 1.165) is 5.56 Å². The fraction of sp³-hybridized carbons (Fsp3) is 0.143. The Morgan fingerprint density at radius 3 is 2.54 bits per heavy atom. The van der Waals surface area contributed by atoms with E-state index in [0.29, 0.717) is 35.1 Å². The van der Waals surface area contributed by atoms with Crippen molar-refractivity contribution in [2.45, 2.75) is 6.54 Å². The van der Waals surface area contributed by atoms with Gasteiger partial charge in [0.05, 0.1) is 19.9 Å². The molecule has 28 heavy (non-hydrogen) atoms. The number of halogens is 1. The first-order valence-corrected chi connectivity index (χ1v) is 8.57. The summed E-state index contributed by atoms with van der Waals surface area (Å²) in [5, 5.41) is 5.94. The zero-order valence-electron chi connectivity index (χ0n) is 15.5. The van der Waals surface area contributed by atoms with Crippen molar-refractivity contribution in [1.29, 1.82) is 0 Å². The van der Waals surface area contributed by atoms with Crippen LogP contribution < -0.4 is 20.1 Å². The summed E-state index contributed by atoms with van der Waals surface area (Å²) in [7, 11) is 3.08. The largest absolute Gasteiger partial charge is 0.497 e. The maximum atomic E-state index is 13.0. The van der Waals surface area contributed by atoms with Crippen LogP contribution in [0.1, 0.15) is 15.9 Å². The van der Waals surface area contributed by atoms with Gasteiger partial charge in [0.1, 0.15) is 23.1 Å². The van der Waals surface area contributed by atoms with Crippen LogP contribution in [0, 0.1) is 5.82 Å². The Labute approximate surface area is 162 Å². The highest BCUT2D eigenvalue weighted by molar-refractivity contribution is 6.05. The molecule has 6 nitrogen and oxygen atoms in total. The molecule has 0 aliphatic heterocycles. The van der Waals surface area contributed by atoms with Crippen molar-refractivity contribution in [3.63, 3.8) is 0 Å². The fourth-order valence-electron chi connectivity index (χ4n) is 2.57. The average Bonchev–Trinajstić information content (AvgIpc) is 2.73. The van der Waals surface area contributed by atoms with Crippen LogP contribution in [0.5, 0.6) is 11.5 Å². The molecule has 0 aliphatic rings. The quantitative estimate of drug-likeness (QED) is 0.645. The molecular formula is C21H20FN3O3. The van der Waals surface area contributed by atoms with Gasteiger partial charge in [-0.2, -0.15) is 0 Å². The number of hydrogen-bond acceptors (Lipinski definition) is 5. The second-order valence-electron chi connectivity index (χ2n) is 5.93. The summed E-state index contributed by atoms with van der Waals surface area (Å²) in [5.74, 6) is 1.08. The highest BCUT2D eigenvalue weighted by atomic mass is 19.1. The standard InChI is InChI=1S/C21H20FN3O3/c1-27-17-7-8-19(28-2)18(12-17)25-21(26)15-9-10-23-20(11-15)24-13-14-3-5-16(22)6-4-14/h3-12H,13H2,1-2H3,(H,23,24)(H,25,26). The van der Waals surface area contributed by atoms with Crippen LogP contribution in [0.15, 0.2) is 60.8 Å². The Hall–Kier alpha value is -3.61. The van der Waals surface area contributed by atoms with Gasteiger partial charge in [-0.3, -0.25) is 4.79 Å². The molecule has 3 rings (SSSR count). The number of nitrogens with zero attached hydrogens (tertiary/aromatic N) is 1. The Morgan fingerprint density at radius 1 is 1.04 bits per heavy atom. The van der Waals surface area contributed by atoms with Gasteiger partial charge in [0.2, 0.25) is 0 Å². The molecule has 0 atom stereocenters. The summed E-state index contributed by atoms with van der Waals surface area (Å²) in [6, 6.07) is 14.6. The normalized spacial score (nSPS) is 10.2. The van der Waals surface area contributed by atoms with Gasteiger partial charge in [0, 0.05) is 24.4 Å². The van der Waals surface area contributed by atoms with Crippen LogP contribution in [0.4, 0.5) is 15.9 Å². The maximum Gasteiger partial charge on any atom is 0.255 e. The van der Waals surface area contributed by atoms with Crippen molar-refractivity contribution in [2.24, 2.45) is 0 Å². The molecule has 2 N–H and O–H groups in total. The molecule has 1 heterocycles. The average molecular weight is 381 g/mol. The lowest BCUT2D eigenvalue weighted by atomic mass is 10.2. The molecule has 0 bridgehead atoms. The first kappa shape index (κ1) is 19.2. The van der Waals surface area contributed by atoms with Crippen LogP contribution in [0.25, 0.3) is 0 Å². The molecule has 0 radical (unpaired) electrons. The third-order valence-corrected chi connectivity index (χ3v) is 4.06. The van der Waals surface area contributed by atoms with Crippen molar-refractivity contribution in [1.82, 2.24) is 4.98 Å². The number of ether oxygens (including phenoxy) is 2. The van der Waals surface area contributed by atoms with Crippen molar-refractivity contribution < 1.29 is 18.7 Å². The summed E-state index contributed by atoms with van der Waals surface area (Å²) in [5.41, 5.74) is 1.84. The molecular weight excluding hydrogens is 361 g/mol. The predicted molar refractivity (Wildman–Crippen MR) is 105 cm³/mol. The van der Waals surface area contributed by atoms with Crippen molar-refractivity contribution in [3.8, 4) is 11.5 Å². The van der Waals surface area contributed by atoms with Crippen molar-refractivity contribution >= 4 is 17.4 Å². The highest BCUT2D eigenvalue weighted by Gasteiger charge is 2.12. The van der Waals surface area contributed by atoms with Gasteiger partial charge in [-0.1, -0.05) is 12.1 Å². The number of amides is 1. The molecule has 0 aliphatic carbocycles. The number of carbonyl (C=O) groups excluding carboxylic acids is 1. The van der Waals surface area contributed by atoms with Crippen LogP contribution in [0.2, 0.25) is 0 Å². The maximum absolute atomic E-state index is 13.0. The first-order chi connectivity index (χ1) is 13.6. The van der Waals surface area contributed by atoms with Crippen LogP contribution in [0.3, 0.4) is 0 Å². The Morgan fingerprint density at radius 2 is 1.82 bits per heavy atom. The summed E-state index contributed by atoms with van der Waals surface area (Å²) in [4.78, 5) is 16.9. The zero-order chi connectivity index (χ0) is 19.9. The second-order valence-corrected chi connectivity index (χ2v) is 5.93. The highest BCUT2D eigenvalue weighted by Crippen LogP contribution is 2.29. The van der Waals surface area contributed by atoms with E-state index < -0.39 is 0 Å². The fourth-order valence-corrected chi connectivity index (χ4v) is 2.57. The number of nitrogens with one attached hydrogen (secondary N) is 2. The Bertz CT molecular complexity index is 961. The molecule has 2 aromatic carbocycles. The number of benzene rings is 2. The van der Waals surface area contributed by atoms with E-state index in [-0.39, 0.29) is 11.7 Å². The van der Waals surface area contributed by atoms with E-state index in [9.17, 15) is 9.18 Å². The molecule has 0 spiro atoms. The molecule has 0 fully saturated rings. The summed E-state index contributed by atoms with van der Waals surface area (Å²) >= 11 is 0. The van der Waals surface area contributed by atoms with Gasteiger partial charge < -0.3 is 20.1 Å². The van der Waals surface area contributed by atoms with E-state index in [2.05, 4.69) is 15.6 Å². The molecule has 0 saturated carbocycles. The van der Waals surface area contributed by atoms with Crippen LogP contribution in [-0.2, 0) is 6.54 Å². The molecule has 7 heteroatoms. The minimum atomic E-state index is -0.307. The monoisotopic (exact) mass is 381 g/mol. The predicted octanol–water partition coefficient (Wildman–Crippen LogP) is 4.10. The van der Waals surface area contributed by atoms with Gasteiger partial charge in [0.15, 0.2) is 0 Å². The van der Waals surface area contributed by atoms with E-state index in [1.54, 1.807) is 55.8 Å². The van der Waals surface area contributed by atoms with E-state index in [4.69, 9.17) is 9.47 Å². The first-order valence-electron chi connectivity index (χ1n) is 8.57. The van der Waals surface area contributed by atoms with Gasteiger partial charge in [0.25, 0.3) is 5.91 Å². The Balaban J connectivity index is 1.71. The zero-order valence-corrected chi connectivity index (χ0v) is 15.5. The van der Waals surface area contributed by atoms with Crippen LogP contribution >= 0.6 is 0 Å². The minimum Gasteiger partial charge on any atom is -0.497 e. The van der Waals surface area contributed by atoms with Gasteiger partial charge in [-0.05, 0) is 42.0 Å². The molecule has 144 valence electrons. The van der Waals surface area contributed by atoms with Crippen LogP contribution in [-0.4, -0.2) is 25.1 Å². The summed E-state index contributed by atoms with van der Waals surface area (Å²) in [6.07, 6.45) is 1.55. The van der Waals surface area contributed by atoms with Crippen molar-refractivity contribution in [2.75, 3.05) is 24.9 Å². The number of hydrogen-bond donors (Lipinski definition) is 2. The lowest BCUT2D eigenvalue weighted by molar-refractivity contribution is 0.102. The van der Waals surface area contributed by atoms with E-state index in [1.807, 2.05) is 0 Å². The number of rotatable bonds is 7. The number of pyridine rings is 1. The number of carbonyl (C=O) groups is 1. The smallest absolute Gasteiger partial charge is 0.255 e. The number of methoxy groups -OCH3 is 2. The number of aromatic nitrogens is 1. The lowest BCUT2D eigenvalue weighted by Gasteiger charge is -2.12. The van der Waals surface area contributed by atoms with Crippen molar-refractivity contribution in [3.05, 3.63) is 77.7 Å². The van der Waals surface area contributed by atoms with Gasteiger partial charge >= 0.3 is 0 Å². The molecule has 1 amide bonds. The molecule has 1 aromatic heterocycles. The van der Waals surface area contributed by atoms with Gasteiger partial charge in [-0.15, -0.1) is 0 Å². The summed E-state index contributed by atoms with van der Waals surface area (Å²) < 4.78 is 23.4. The molecule has 3 aromatic rings. The lowest BCUT2D eigenvalue weighted by Crippen LogP contribution is -2.13. The molecule has 0 unspecified atom stereocenters. The van der Waals surface area contributed by atoms with Gasteiger partial charge in [-0.25, -0.2) is 9.37 Å². The second kappa shape index (κ2) is 8.85. The van der Waals surface area contributed by atoms with E-state index >= 15 is 0 Å². The third kappa shape index (κ3) is 4.76. The third-order valence-electron chi connectivity index (χ3n) is 4.06.